The topological polar surface area (TPSA) is 89.7 Å². The molecule has 0 radical (unpaired) electrons. The maximum absolute atomic E-state index is 11.5. The molecule has 0 aromatic heterocycles. The van der Waals surface area contributed by atoms with Crippen molar-refractivity contribution in [2.24, 2.45) is 23.2 Å². The first kappa shape index (κ1) is 10.8. The van der Waals surface area contributed by atoms with Gasteiger partial charge < -0.3 is 9.94 Å². The van der Waals surface area contributed by atoms with Gasteiger partial charge in [0.1, 0.15) is 6.10 Å². The van der Waals surface area contributed by atoms with Crippen LogP contribution in [0, 0.1) is 33.3 Å². The maximum Gasteiger partial charge on any atom is 0.311 e. The van der Waals surface area contributed by atoms with Crippen molar-refractivity contribution in [3.8, 4) is 0 Å². The minimum absolute atomic E-state index is 0.0581. The first-order valence-corrected chi connectivity index (χ1v) is 6.06. The van der Waals surface area contributed by atoms with E-state index in [-0.39, 0.29) is 5.92 Å². The summed E-state index contributed by atoms with van der Waals surface area (Å²) in [7, 11) is 0. The molecule has 4 fully saturated rings. The number of nitrogens with zero attached hydrogens (tertiary/aromatic N) is 1. The SMILES string of the molecule is O=C(O)C12CC3CC(CC(C3)C1O[N+](=O)[O-])C2. The molecule has 4 aliphatic carbocycles. The molecule has 94 valence electrons. The predicted octanol–water partition coefficient (Wildman–Crippen LogP) is 1.47. The second-order valence-electron chi connectivity index (χ2n) is 5.82. The molecule has 0 amide bonds. The Morgan fingerprint density at radius 1 is 1.29 bits per heavy atom. The van der Waals surface area contributed by atoms with Crippen molar-refractivity contribution in [3.63, 3.8) is 0 Å². The van der Waals surface area contributed by atoms with Crippen LogP contribution in [-0.2, 0) is 9.63 Å². The van der Waals surface area contributed by atoms with Gasteiger partial charge in [-0.25, -0.2) is 0 Å². The van der Waals surface area contributed by atoms with Gasteiger partial charge in [-0.05, 0) is 49.9 Å². The van der Waals surface area contributed by atoms with Crippen LogP contribution in [0.4, 0.5) is 0 Å². The maximum atomic E-state index is 11.5. The van der Waals surface area contributed by atoms with Crippen LogP contribution in [0.1, 0.15) is 32.1 Å². The first-order chi connectivity index (χ1) is 8.01. The number of hydrogen-bond donors (Lipinski definition) is 1. The Kier molecular flexibility index (Phi) is 2.12. The zero-order valence-electron chi connectivity index (χ0n) is 9.37. The quantitative estimate of drug-likeness (QED) is 0.597. The van der Waals surface area contributed by atoms with Crippen LogP contribution in [0.3, 0.4) is 0 Å². The van der Waals surface area contributed by atoms with Crippen LogP contribution < -0.4 is 0 Å². The third-order valence-electron chi connectivity index (χ3n) is 4.84. The van der Waals surface area contributed by atoms with Crippen molar-refractivity contribution in [3.05, 3.63) is 10.1 Å². The third kappa shape index (κ3) is 1.42. The van der Waals surface area contributed by atoms with Gasteiger partial charge in [-0.15, -0.1) is 10.1 Å². The largest absolute Gasteiger partial charge is 0.481 e. The first-order valence-electron chi connectivity index (χ1n) is 6.06. The second kappa shape index (κ2) is 3.34. The Morgan fingerprint density at radius 2 is 1.88 bits per heavy atom. The summed E-state index contributed by atoms with van der Waals surface area (Å²) in [6.45, 7) is 0. The van der Waals surface area contributed by atoms with Crippen molar-refractivity contribution < 1.29 is 19.8 Å². The molecule has 1 N–H and O–H groups in total. The molecule has 0 aromatic carbocycles. The van der Waals surface area contributed by atoms with Crippen LogP contribution in [0.2, 0.25) is 0 Å². The normalized spacial score (nSPS) is 46.8. The third-order valence-corrected chi connectivity index (χ3v) is 4.84. The van der Waals surface area contributed by atoms with Gasteiger partial charge in [0, 0.05) is 0 Å². The van der Waals surface area contributed by atoms with Gasteiger partial charge in [0.2, 0.25) is 0 Å². The summed E-state index contributed by atoms with van der Waals surface area (Å²) in [6.07, 6.45) is 3.25. The van der Waals surface area contributed by atoms with Crippen molar-refractivity contribution in [2.45, 2.75) is 38.2 Å². The number of rotatable bonds is 3. The van der Waals surface area contributed by atoms with Crippen molar-refractivity contribution in [1.29, 1.82) is 0 Å². The van der Waals surface area contributed by atoms with E-state index in [1.54, 1.807) is 0 Å². The monoisotopic (exact) mass is 241 g/mol. The average Bonchev–Trinajstić information content (AvgIpc) is 2.21. The molecule has 4 saturated carbocycles. The summed E-state index contributed by atoms with van der Waals surface area (Å²) in [5.74, 6) is -0.00314. The van der Waals surface area contributed by atoms with E-state index in [0.29, 0.717) is 24.7 Å². The molecule has 0 spiro atoms. The fourth-order valence-electron chi connectivity index (χ4n) is 4.57. The van der Waals surface area contributed by atoms with Crippen LogP contribution in [0.5, 0.6) is 0 Å². The number of aliphatic carboxylic acids is 1. The highest BCUT2D eigenvalue weighted by atomic mass is 17.0. The minimum atomic E-state index is -0.998. The lowest BCUT2D eigenvalue weighted by molar-refractivity contribution is -0.776. The molecule has 0 aliphatic heterocycles. The van der Waals surface area contributed by atoms with Gasteiger partial charge in [0.15, 0.2) is 0 Å². The van der Waals surface area contributed by atoms with E-state index in [1.165, 1.54) is 0 Å². The Bertz CT molecular complexity index is 368. The van der Waals surface area contributed by atoms with Crippen molar-refractivity contribution in [1.82, 2.24) is 0 Å². The van der Waals surface area contributed by atoms with Gasteiger partial charge in [0.25, 0.3) is 5.09 Å². The Balaban J connectivity index is 1.96. The highest BCUT2D eigenvalue weighted by Crippen LogP contribution is 2.61. The summed E-state index contributed by atoms with van der Waals surface area (Å²) < 4.78 is 0. The lowest BCUT2D eigenvalue weighted by Gasteiger charge is -2.57. The van der Waals surface area contributed by atoms with Crippen LogP contribution in [0.15, 0.2) is 0 Å². The number of carbonyl (C=O) groups is 1. The molecule has 3 unspecified atom stereocenters. The Labute approximate surface area is 98.0 Å². The molecular formula is C11H15NO5. The zero-order chi connectivity index (χ0) is 12.2. The van der Waals surface area contributed by atoms with E-state index in [2.05, 4.69) is 0 Å². The van der Waals surface area contributed by atoms with Crippen molar-refractivity contribution in [2.75, 3.05) is 0 Å². The summed E-state index contributed by atoms with van der Waals surface area (Å²) in [5, 5.41) is 19.2. The van der Waals surface area contributed by atoms with Crippen LogP contribution >= 0.6 is 0 Å². The lowest BCUT2D eigenvalue weighted by atomic mass is 9.48. The van der Waals surface area contributed by atoms with E-state index in [4.69, 9.17) is 4.84 Å². The van der Waals surface area contributed by atoms with E-state index in [1.807, 2.05) is 0 Å². The van der Waals surface area contributed by atoms with E-state index >= 15 is 0 Å². The Hall–Kier alpha value is -1.33. The average molecular weight is 241 g/mol. The summed E-state index contributed by atoms with van der Waals surface area (Å²) in [6, 6.07) is 0. The fraction of sp³-hybridized carbons (Fsp3) is 0.909. The number of carboxylic acid groups (broad SMARTS) is 1. The Morgan fingerprint density at radius 3 is 2.35 bits per heavy atom. The molecular weight excluding hydrogens is 226 g/mol. The van der Waals surface area contributed by atoms with Gasteiger partial charge >= 0.3 is 5.97 Å². The smallest absolute Gasteiger partial charge is 0.311 e. The van der Waals surface area contributed by atoms with E-state index in [9.17, 15) is 20.0 Å². The molecule has 4 bridgehead atoms. The summed E-state index contributed by atoms with van der Waals surface area (Å²) >= 11 is 0. The van der Waals surface area contributed by atoms with Gasteiger partial charge in [-0.1, -0.05) is 0 Å². The highest BCUT2D eigenvalue weighted by molar-refractivity contribution is 5.76. The van der Waals surface area contributed by atoms with Gasteiger partial charge in [-0.3, -0.25) is 4.79 Å². The molecule has 0 aromatic rings. The molecule has 6 heteroatoms. The van der Waals surface area contributed by atoms with Crippen LogP contribution in [-0.4, -0.2) is 22.3 Å². The molecule has 0 heterocycles. The van der Waals surface area contributed by atoms with Gasteiger partial charge in [-0.2, -0.15) is 0 Å². The molecule has 4 rings (SSSR count). The minimum Gasteiger partial charge on any atom is -0.481 e. The molecule has 17 heavy (non-hydrogen) atoms. The number of carboxylic acids is 1. The molecule has 3 atom stereocenters. The lowest BCUT2D eigenvalue weighted by Crippen LogP contribution is -2.60. The fourth-order valence-corrected chi connectivity index (χ4v) is 4.57. The molecule has 4 aliphatic rings. The zero-order valence-corrected chi connectivity index (χ0v) is 9.37. The van der Waals surface area contributed by atoms with Crippen LogP contribution in [0.25, 0.3) is 0 Å². The second-order valence-corrected chi connectivity index (χ2v) is 5.82. The number of hydrogen-bond acceptors (Lipinski definition) is 4. The van der Waals surface area contributed by atoms with Crippen molar-refractivity contribution >= 4 is 5.97 Å². The van der Waals surface area contributed by atoms with Gasteiger partial charge in [0.05, 0.1) is 5.41 Å². The summed E-state index contributed by atoms with van der Waals surface area (Å²) in [4.78, 5) is 26.8. The van der Waals surface area contributed by atoms with E-state index < -0.39 is 22.6 Å². The summed E-state index contributed by atoms with van der Waals surface area (Å²) in [5.41, 5.74) is -0.998. The molecule has 6 nitrogen and oxygen atoms in total. The van der Waals surface area contributed by atoms with E-state index in [0.717, 1.165) is 19.3 Å². The molecule has 0 saturated heterocycles. The standard InChI is InChI=1S/C11H15NO5/c13-10(14)11-4-6-1-7(5-11)3-8(2-6)9(11)17-12(15)16/h6-9H,1-5H2,(H,13,14). The predicted molar refractivity (Wildman–Crippen MR) is 55.5 cm³/mol. The highest BCUT2D eigenvalue weighted by Gasteiger charge is 2.62.